The number of para-hydroxylation sites is 1. The lowest BCUT2D eigenvalue weighted by Gasteiger charge is -2.13. The molecule has 0 aliphatic carbocycles. The number of aromatic nitrogens is 3. The SMILES string of the molecule is CCc1cccc(C)c1NC(=O)NCCCc1ccc(-c2ncn(-c3ccc(OC(F)(F)F)cc3)n2)cc1. The molecule has 4 aromatic rings. The van der Waals surface area contributed by atoms with Crippen molar-refractivity contribution in [3.8, 4) is 22.8 Å². The van der Waals surface area contributed by atoms with Gasteiger partial charge in [0.05, 0.1) is 5.69 Å². The van der Waals surface area contributed by atoms with Crippen molar-refractivity contribution >= 4 is 11.7 Å². The largest absolute Gasteiger partial charge is 0.573 e. The molecule has 3 aromatic carbocycles. The number of hydrogen-bond acceptors (Lipinski definition) is 4. The maximum Gasteiger partial charge on any atom is 0.573 e. The highest BCUT2D eigenvalue weighted by molar-refractivity contribution is 5.91. The van der Waals surface area contributed by atoms with Crippen LogP contribution in [0, 0.1) is 6.92 Å². The zero-order valence-electron chi connectivity index (χ0n) is 21.0. The van der Waals surface area contributed by atoms with Gasteiger partial charge in [0.2, 0.25) is 0 Å². The van der Waals surface area contributed by atoms with E-state index in [4.69, 9.17) is 0 Å². The van der Waals surface area contributed by atoms with Gasteiger partial charge in [-0.1, -0.05) is 49.4 Å². The molecule has 0 bridgehead atoms. The Morgan fingerprint density at radius 1 is 1.03 bits per heavy atom. The first-order chi connectivity index (χ1) is 18.2. The van der Waals surface area contributed by atoms with Gasteiger partial charge < -0.3 is 15.4 Å². The van der Waals surface area contributed by atoms with E-state index >= 15 is 0 Å². The van der Waals surface area contributed by atoms with Crippen LogP contribution in [0.15, 0.2) is 73.1 Å². The molecule has 0 fully saturated rings. The van der Waals surface area contributed by atoms with E-state index in [2.05, 4.69) is 32.4 Å². The fourth-order valence-corrected chi connectivity index (χ4v) is 3.99. The summed E-state index contributed by atoms with van der Waals surface area (Å²) in [5.41, 5.74) is 5.49. The topological polar surface area (TPSA) is 81.1 Å². The van der Waals surface area contributed by atoms with Crippen LogP contribution in [-0.4, -0.2) is 33.7 Å². The maximum absolute atomic E-state index is 12.3. The van der Waals surface area contributed by atoms with Crippen molar-refractivity contribution in [1.82, 2.24) is 20.1 Å². The number of hydrogen-bond donors (Lipinski definition) is 2. The lowest BCUT2D eigenvalue weighted by Crippen LogP contribution is -2.30. The molecule has 0 saturated heterocycles. The summed E-state index contributed by atoms with van der Waals surface area (Å²) in [5.74, 6) is 0.193. The van der Waals surface area contributed by atoms with Crippen molar-refractivity contribution in [1.29, 1.82) is 0 Å². The lowest BCUT2D eigenvalue weighted by molar-refractivity contribution is -0.274. The molecule has 0 aliphatic heterocycles. The van der Waals surface area contributed by atoms with Gasteiger partial charge >= 0.3 is 12.4 Å². The molecule has 4 rings (SSSR count). The fraction of sp³-hybridized carbons (Fsp3) is 0.250. The highest BCUT2D eigenvalue weighted by atomic mass is 19.4. The maximum atomic E-state index is 12.3. The molecule has 2 N–H and O–H groups in total. The van der Waals surface area contributed by atoms with Crippen molar-refractivity contribution in [3.05, 3.63) is 89.7 Å². The number of aryl methyl sites for hydroxylation is 3. The van der Waals surface area contributed by atoms with Crippen molar-refractivity contribution in [2.75, 3.05) is 11.9 Å². The van der Waals surface area contributed by atoms with Crippen molar-refractivity contribution < 1.29 is 22.7 Å². The number of anilines is 1. The Morgan fingerprint density at radius 3 is 2.45 bits per heavy atom. The van der Waals surface area contributed by atoms with Crippen molar-refractivity contribution in [2.45, 2.75) is 39.5 Å². The Morgan fingerprint density at radius 2 is 1.76 bits per heavy atom. The summed E-state index contributed by atoms with van der Waals surface area (Å²) in [6.07, 6.45) is -0.821. The Kier molecular flexibility index (Phi) is 8.30. The number of benzene rings is 3. The van der Waals surface area contributed by atoms with Crippen LogP contribution in [0.1, 0.15) is 30.0 Å². The van der Waals surface area contributed by atoms with E-state index in [1.165, 1.54) is 35.3 Å². The van der Waals surface area contributed by atoms with E-state index < -0.39 is 6.36 Å². The minimum absolute atomic E-state index is 0.214. The minimum Gasteiger partial charge on any atom is -0.406 e. The summed E-state index contributed by atoms with van der Waals surface area (Å²) in [7, 11) is 0. The van der Waals surface area contributed by atoms with Gasteiger partial charge in [0.15, 0.2) is 5.82 Å². The first-order valence-corrected chi connectivity index (χ1v) is 12.2. The van der Waals surface area contributed by atoms with Crippen molar-refractivity contribution in [2.24, 2.45) is 0 Å². The third-order valence-corrected chi connectivity index (χ3v) is 5.95. The number of carbonyl (C=O) groups excluding carboxylic acids is 1. The summed E-state index contributed by atoms with van der Waals surface area (Å²) >= 11 is 0. The van der Waals surface area contributed by atoms with Gasteiger partial charge in [-0.2, -0.15) is 0 Å². The second-order valence-corrected chi connectivity index (χ2v) is 8.70. The van der Waals surface area contributed by atoms with E-state index in [0.29, 0.717) is 18.1 Å². The highest BCUT2D eigenvalue weighted by Gasteiger charge is 2.31. The Hall–Kier alpha value is -4.34. The number of carbonyl (C=O) groups is 1. The molecule has 1 heterocycles. The fourth-order valence-electron chi connectivity index (χ4n) is 3.99. The van der Waals surface area contributed by atoms with Gasteiger partial charge in [0.25, 0.3) is 0 Å². The third kappa shape index (κ3) is 7.12. The van der Waals surface area contributed by atoms with Crippen molar-refractivity contribution in [3.63, 3.8) is 0 Å². The van der Waals surface area contributed by atoms with E-state index in [-0.39, 0.29) is 11.8 Å². The number of nitrogens with one attached hydrogen (secondary N) is 2. The second-order valence-electron chi connectivity index (χ2n) is 8.70. The summed E-state index contributed by atoms with van der Waals surface area (Å²) in [4.78, 5) is 16.6. The molecular formula is C28H28F3N5O2. The average molecular weight is 524 g/mol. The number of ether oxygens (including phenoxy) is 1. The van der Waals surface area contributed by atoms with Crippen LogP contribution >= 0.6 is 0 Å². The summed E-state index contributed by atoms with van der Waals surface area (Å²) in [6.45, 7) is 4.58. The molecule has 0 atom stereocenters. The predicted molar refractivity (Wildman–Crippen MR) is 139 cm³/mol. The summed E-state index contributed by atoms with van der Waals surface area (Å²) in [6, 6.07) is 19.0. The molecule has 1 aromatic heterocycles. The number of urea groups is 1. The van der Waals surface area contributed by atoms with E-state index in [0.717, 1.165) is 47.2 Å². The van der Waals surface area contributed by atoms with Gasteiger partial charge in [-0.15, -0.1) is 18.3 Å². The molecule has 0 spiro atoms. The normalized spacial score (nSPS) is 11.3. The predicted octanol–water partition coefficient (Wildman–Crippen LogP) is 6.46. The molecule has 38 heavy (non-hydrogen) atoms. The first-order valence-electron chi connectivity index (χ1n) is 12.2. The van der Waals surface area contributed by atoms with Gasteiger partial charge in [-0.25, -0.2) is 14.5 Å². The van der Waals surface area contributed by atoms with Crippen LogP contribution < -0.4 is 15.4 Å². The van der Waals surface area contributed by atoms with E-state index in [1.54, 1.807) is 0 Å². The standard InChI is InChI=1S/C28H28F3N5O2/c1-3-21-8-4-6-19(2)25(21)34-27(37)32-17-5-7-20-9-11-22(12-10-20)26-33-18-36(35-26)23-13-15-24(16-14-23)38-28(29,30)31/h4,6,8-16,18H,3,5,7,17H2,1-2H3,(H2,32,34,37). The molecule has 198 valence electrons. The zero-order chi connectivity index (χ0) is 27.1. The highest BCUT2D eigenvalue weighted by Crippen LogP contribution is 2.24. The molecule has 2 amide bonds. The number of alkyl halides is 3. The number of nitrogens with zero attached hydrogens (tertiary/aromatic N) is 3. The zero-order valence-corrected chi connectivity index (χ0v) is 21.0. The van der Waals surface area contributed by atoms with Gasteiger partial charge in [-0.05, 0) is 67.1 Å². The third-order valence-electron chi connectivity index (χ3n) is 5.95. The van der Waals surface area contributed by atoms with Crippen LogP contribution in [0.25, 0.3) is 17.1 Å². The van der Waals surface area contributed by atoms with Crippen LogP contribution in [0.5, 0.6) is 5.75 Å². The Bertz CT molecular complexity index is 1370. The lowest BCUT2D eigenvalue weighted by atomic mass is 10.1. The molecule has 7 nitrogen and oxygen atoms in total. The molecule has 0 radical (unpaired) electrons. The molecule has 0 aliphatic rings. The van der Waals surface area contributed by atoms with Crippen LogP contribution in [0.4, 0.5) is 23.7 Å². The summed E-state index contributed by atoms with van der Waals surface area (Å²) < 4.78 is 42.4. The Balaban J connectivity index is 1.26. The quantitative estimate of drug-likeness (QED) is 0.247. The Labute approximate surface area is 218 Å². The monoisotopic (exact) mass is 523 g/mol. The van der Waals surface area contributed by atoms with Gasteiger partial charge in [0, 0.05) is 17.8 Å². The smallest absolute Gasteiger partial charge is 0.406 e. The first kappa shape index (κ1) is 26.7. The van der Waals surface area contributed by atoms with Gasteiger partial charge in [0.1, 0.15) is 12.1 Å². The average Bonchev–Trinajstić information content (AvgIpc) is 3.38. The number of rotatable bonds is 9. The van der Waals surface area contributed by atoms with Crippen LogP contribution in [0.3, 0.4) is 0 Å². The molecule has 0 saturated carbocycles. The molecule has 10 heteroatoms. The number of amides is 2. The van der Waals surface area contributed by atoms with E-state index in [1.807, 2.05) is 49.4 Å². The van der Waals surface area contributed by atoms with Crippen LogP contribution in [-0.2, 0) is 12.8 Å². The van der Waals surface area contributed by atoms with E-state index in [9.17, 15) is 18.0 Å². The number of halogens is 3. The summed E-state index contributed by atoms with van der Waals surface area (Å²) in [5, 5.41) is 10.3. The van der Waals surface area contributed by atoms with Gasteiger partial charge in [-0.3, -0.25) is 0 Å². The second kappa shape index (κ2) is 11.8. The molecular weight excluding hydrogens is 495 g/mol. The van der Waals surface area contributed by atoms with Crippen LogP contribution in [0.2, 0.25) is 0 Å². The minimum atomic E-state index is -4.74. The molecule has 0 unspecified atom stereocenters.